The Morgan fingerprint density at radius 1 is 1.21 bits per heavy atom. The Balaban J connectivity index is 1.87. The Kier molecular flexibility index (Phi) is 5.37. The molecule has 1 saturated heterocycles. The van der Waals surface area contributed by atoms with Gasteiger partial charge in [-0.1, -0.05) is 30.9 Å². The summed E-state index contributed by atoms with van der Waals surface area (Å²) in [7, 11) is 1.50. The highest BCUT2D eigenvalue weighted by Crippen LogP contribution is 2.44. The number of nitrogens with zero attached hydrogens (tertiary/aromatic N) is 1. The molecule has 0 bridgehead atoms. The van der Waals surface area contributed by atoms with Gasteiger partial charge in [0, 0.05) is 11.6 Å². The molecule has 1 atom stereocenters. The number of halogens is 1. The molecule has 1 saturated carbocycles. The number of rotatable bonds is 4. The summed E-state index contributed by atoms with van der Waals surface area (Å²) in [6, 6.07) is 7.35. The Hall–Kier alpha value is -2.73. The van der Waals surface area contributed by atoms with Gasteiger partial charge in [0.1, 0.15) is 23.3 Å². The number of methoxy groups -OCH3 is 1. The Morgan fingerprint density at radius 2 is 1.97 bits per heavy atom. The van der Waals surface area contributed by atoms with E-state index in [0.29, 0.717) is 11.5 Å². The lowest BCUT2D eigenvalue weighted by atomic mass is 9.92. The molecule has 0 spiro atoms. The van der Waals surface area contributed by atoms with E-state index < -0.39 is 17.7 Å². The second-order valence-electron chi connectivity index (χ2n) is 7.36. The predicted molar refractivity (Wildman–Crippen MR) is 108 cm³/mol. The van der Waals surface area contributed by atoms with Gasteiger partial charge in [0.25, 0.3) is 11.7 Å². The van der Waals surface area contributed by atoms with Crippen LogP contribution in [0.15, 0.2) is 46.6 Å². The van der Waals surface area contributed by atoms with E-state index in [9.17, 15) is 14.7 Å². The molecule has 6 nitrogen and oxygen atoms in total. The summed E-state index contributed by atoms with van der Waals surface area (Å²) in [5.74, 6) is -0.749. The summed E-state index contributed by atoms with van der Waals surface area (Å²) >= 11 is 6.29. The van der Waals surface area contributed by atoms with Crippen molar-refractivity contribution < 1.29 is 23.8 Å². The highest BCUT2D eigenvalue weighted by Gasteiger charge is 2.50. The number of aliphatic hydroxyl groups excluding tert-OH is 1. The zero-order valence-electron chi connectivity index (χ0n) is 16.1. The maximum absolute atomic E-state index is 13.0. The average molecular weight is 416 g/mol. The van der Waals surface area contributed by atoms with Gasteiger partial charge < -0.3 is 19.2 Å². The summed E-state index contributed by atoms with van der Waals surface area (Å²) in [4.78, 5) is 27.6. The van der Waals surface area contributed by atoms with E-state index in [1.807, 2.05) is 0 Å². The quantitative estimate of drug-likeness (QED) is 0.445. The Morgan fingerprint density at radius 3 is 2.62 bits per heavy atom. The van der Waals surface area contributed by atoms with Crippen molar-refractivity contribution in [2.45, 2.75) is 44.2 Å². The third kappa shape index (κ3) is 3.42. The summed E-state index contributed by atoms with van der Waals surface area (Å²) < 4.78 is 10.8. The summed E-state index contributed by atoms with van der Waals surface area (Å²) in [6.45, 7) is 0. The van der Waals surface area contributed by atoms with Gasteiger partial charge in [-0.05, 0) is 43.2 Å². The van der Waals surface area contributed by atoms with Gasteiger partial charge in [-0.2, -0.15) is 0 Å². The van der Waals surface area contributed by atoms with Crippen LogP contribution in [0.3, 0.4) is 0 Å². The van der Waals surface area contributed by atoms with Crippen molar-refractivity contribution in [1.82, 2.24) is 4.90 Å². The summed E-state index contributed by atoms with van der Waals surface area (Å²) in [6.07, 6.45) is 6.26. The largest absolute Gasteiger partial charge is 0.507 e. The minimum atomic E-state index is -0.782. The molecule has 1 unspecified atom stereocenters. The molecule has 4 rings (SSSR count). The third-order valence-corrected chi connectivity index (χ3v) is 6.02. The molecule has 2 aromatic rings. The van der Waals surface area contributed by atoms with Gasteiger partial charge in [0.2, 0.25) is 0 Å². The molecule has 2 heterocycles. The highest BCUT2D eigenvalue weighted by atomic mass is 35.5. The van der Waals surface area contributed by atoms with Crippen LogP contribution in [0, 0.1) is 0 Å². The van der Waals surface area contributed by atoms with Crippen LogP contribution in [-0.2, 0) is 9.59 Å². The van der Waals surface area contributed by atoms with Crippen molar-refractivity contribution in [3.05, 3.63) is 58.5 Å². The number of hydrogen-bond acceptors (Lipinski definition) is 5. The molecule has 1 amide bonds. The molecular weight excluding hydrogens is 394 g/mol. The molecule has 0 radical (unpaired) electrons. The fourth-order valence-electron chi connectivity index (χ4n) is 4.27. The molecule has 2 fully saturated rings. The highest BCUT2D eigenvalue weighted by molar-refractivity contribution is 6.47. The number of furan rings is 1. The van der Waals surface area contributed by atoms with Gasteiger partial charge in [-0.25, -0.2) is 0 Å². The number of likely N-dealkylation sites (tertiary alicyclic amines) is 1. The zero-order chi connectivity index (χ0) is 20.5. The minimum absolute atomic E-state index is 0.00863. The fraction of sp³-hybridized carbons (Fsp3) is 0.364. The maximum atomic E-state index is 13.0. The lowest BCUT2D eigenvalue weighted by Crippen LogP contribution is -2.40. The topological polar surface area (TPSA) is 80.0 Å². The van der Waals surface area contributed by atoms with Crippen LogP contribution in [0.2, 0.25) is 5.02 Å². The van der Waals surface area contributed by atoms with Gasteiger partial charge in [0.05, 0.1) is 24.0 Å². The van der Waals surface area contributed by atoms with Crippen molar-refractivity contribution in [3.8, 4) is 5.75 Å². The van der Waals surface area contributed by atoms with E-state index in [0.717, 1.165) is 32.1 Å². The first-order chi connectivity index (χ1) is 14.0. The third-order valence-electron chi connectivity index (χ3n) is 5.69. The predicted octanol–water partition coefficient (Wildman–Crippen LogP) is 4.70. The van der Waals surface area contributed by atoms with E-state index in [-0.39, 0.29) is 28.0 Å². The van der Waals surface area contributed by atoms with Crippen molar-refractivity contribution >= 4 is 29.1 Å². The van der Waals surface area contributed by atoms with Crippen LogP contribution in [0.25, 0.3) is 5.76 Å². The van der Waals surface area contributed by atoms with Gasteiger partial charge in [0.15, 0.2) is 0 Å². The molecule has 1 aromatic heterocycles. The van der Waals surface area contributed by atoms with Crippen LogP contribution < -0.4 is 4.74 Å². The second kappa shape index (κ2) is 7.95. The van der Waals surface area contributed by atoms with E-state index in [1.165, 1.54) is 13.4 Å². The van der Waals surface area contributed by atoms with Gasteiger partial charge >= 0.3 is 0 Å². The SMILES string of the molecule is COc1ccc(Cl)c(/C(O)=C2/C(=O)C(=O)N(C3CCCCC3)C2c2ccco2)c1. The second-order valence-corrected chi connectivity index (χ2v) is 7.77. The van der Waals surface area contributed by atoms with Crippen LogP contribution >= 0.6 is 11.6 Å². The molecule has 152 valence electrons. The fourth-order valence-corrected chi connectivity index (χ4v) is 4.48. The number of ketones is 1. The monoisotopic (exact) mass is 415 g/mol. The Labute approximate surface area is 173 Å². The first-order valence-electron chi connectivity index (χ1n) is 9.70. The van der Waals surface area contributed by atoms with Crippen molar-refractivity contribution in [2.75, 3.05) is 7.11 Å². The molecule has 1 N–H and O–H groups in total. The van der Waals surface area contributed by atoms with E-state index >= 15 is 0 Å². The summed E-state index contributed by atoms with van der Waals surface area (Å²) in [5.41, 5.74) is 0.231. The smallest absolute Gasteiger partial charge is 0.296 e. The lowest BCUT2D eigenvalue weighted by Gasteiger charge is -2.34. The van der Waals surface area contributed by atoms with Crippen molar-refractivity contribution in [1.29, 1.82) is 0 Å². The maximum Gasteiger partial charge on any atom is 0.296 e. The van der Waals surface area contributed by atoms with E-state index in [4.69, 9.17) is 20.8 Å². The number of carbonyl (C=O) groups excluding carboxylic acids is 2. The minimum Gasteiger partial charge on any atom is -0.507 e. The molecule has 1 aliphatic heterocycles. The lowest BCUT2D eigenvalue weighted by molar-refractivity contribution is -0.142. The molecule has 1 aromatic carbocycles. The van der Waals surface area contributed by atoms with E-state index in [2.05, 4.69) is 0 Å². The molecule has 2 aliphatic rings. The van der Waals surface area contributed by atoms with E-state index in [1.54, 1.807) is 35.2 Å². The van der Waals surface area contributed by atoms with Crippen LogP contribution in [-0.4, -0.2) is 34.8 Å². The zero-order valence-corrected chi connectivity index (χ0v) is 16.8. The average Bonchev–Trinajstić information content (AvgIpc) is 3.36. The number of amides is 1. The number of Topliss-reactive ketones (excluding diaryl/α,β-unsaturated/α-hetero) is 1. The normalized spacial score (nSPS) is 22.3. The van der Waals surface area contributed by atoms with Crippen LogP contribution in [0.1, 0.15) is 49.5 Å². The van der Waals surface area contributed by atoms with Crippen LogP contribution in [0.4, 0.5) is 0 Å². The Bertz CT molecular complexity index is 960. The molecular formula is C22H22ClNO5. The number of carbonyl (C=O) groups is 2. The number of hydrogen-bond donors (Lipinski definition) is 1. The standard InChI is InChI=1S/C22H22ClNO5/c1-28-14-9-10-16(23)15(12-14)20(25)18-19(17-8-5-11-29-17)24(22(27)21(18)26)13-6-3-2-4-7-13/h5,8-13,19,25H,2-4,6-7H2,1H3/b20-18-. The molecule has 1 aliphatic carbocycles. The van der Waals surface area contributed by atoms with Crippen LogP contribution in [0.5, 0.6) is 5.75 Å². The first kappa shape index (κ1) is 19.6. The first-order valence-corrected chi connectivity index (χ1v) is 10.1. The van der Waals surface area contributed by atoms with Crippen molar-refractivity contribution in [2.24, 2.45) is 0 Å². The number of ether oxygens (including phenoxy) is 1. The van der Waals surface area contributed by atoms with Gasteiger partial charge in [-0.3, -0.25) is 9.59 Å². The number of benzene rings is 1. The molecule has 7 heteroatoms. The van der Waals surface area contributed by atoms with Crippen molar-refractivity contribution in [3.63, 3.8) is 0 Å². The summed E-state index contributed by atoms with van der Waals surface area (Å²) in [5, 5.41) is 11.3. The molecule has 29 heavy (non-hydrogen) atoms. The number of aliphatic hydroxyl groups is 1. The van der Waals surface area contributed by atoms with Gasteiger partial charge in [-0.15, -0.1) is 0 Å².